The predicted molar refractivity (Wildman–Crippen MR) is 98.3 cm³/mol. The van der Waals surface area contributed by atoms with Crippen LogP contribution in [0.3, 0.4) is 0 Å². The average molecular weight is 365 g/mol. The van der Waals surface area contributed by atoms with Gasteiger partial charge in [-0.15, -0.1) is 0 Å². The first kappa shape index (κ1) is 17.3. The summed E-state index contributed by atoms with van der Waals surface area (Å²) >= 11 is 6.20. The second-order valence-corrected chi connectivity index (χ2v) is 8.49. The lowest BCUT2D eigenvalue weighted by Crippen LogP contribution is -2.48. The summed E-state index contributed by atoms with van der Waals surface area (Å²) in [4.78, 5) is 2.54. The van der Waals surface area contributed by atoms with Crippen molar-refractivity contribution in [2.45, 2.75) is 18.7 Å². The van der Waals surface area contributed by atoms with Crippen LogP contribution in [-0.4, -0.2) is 38.9 Å². The minimum atomic E-state index is -3.42. The second kappa shape index (κ2) is 6.75. The lowest BCUT2D eigenvalue weighted by Gasteiger charge is -2.35. The van der Waals surface area contributed by atoms with E-state index in [0.29, 0.717) is 31.1 Å². The van der Waals surface area contributed by atoms with Crippen LogP contribution < -0.4 is 4.90 Å². The molecule has 6 heteroatoms. The van der Waals surface area contributed by atoms with Gasteiger partial charge in [-0.2, -0.15) is 4.31 Å². The van der Waals surface area contributed by atoms with Gasteiger partial charge in [0.25, 0.3) is 0 Å². The number of hydrogen-bond acceptors (Lipinski definition) is 3. The standard InChI is InChI=1S/C18H21ClN2O2S/c1-14-4-3-5-17(12-14)24(22,23)21-10-8-20(9-11-21)16-7-6-15(2)18(19)13-16/h3-7,12-13H,8-11H2,1-2H3. The number of nitrogens with zero attached hydrogens (tertiary/aromatic N) is 2. The van der Waals surface area contributed by atoms with Gasteiger partial charge in [-0.1, -0.05) is 29.8 Å². The summed E-state index contributed by atoms with van der Waals surface area (Å²) in [6.07, 6.45) is 0. The highest BCUT2D eigenvalue weighted by Crippen LogP contribution is 2.25. The number of halogens is 1. The van der Waals surface area contributed by atoms with Gasteiger partial charge < -0.3 is 4.90 Å². The van der Waals surface area contributed by atoms with Crippen LogP contribution in [-0.2, 0) is 10.0 Å². The number of benzene rings is 2. The zero-order chi connectivity index (χ0) is 17.3. The van der Waals surface area contributed by atoms with Crippen molar-refractivity contribution in [3.05, 3.63) is 58.6 Å². The third-order valence-corrected chi connectivity index (χ3v) is 6.69. The smallest absolute Gasteiger partial charge is 0.243 e. The molecule has 1 saturated heterocycles. The number of sulfonamides is 1. The van der Waals surface area contributed by atoms with Crippen LogP contribution >= 0.6 is 11.6 Å². The van der Waals surface area contributed by atoms with Gasteiger partial charge in [0.05, 0.1) is 4.90 Å². The molecule has 0 spiro atoms. The molecular formula is C18H21ClN2O2S. The van der Waals surface area contributed by atoms with Gasteiger partial charge in [0.15, 0.2) is 0 Å². The van der Waals surface area contributed by atoms with E-state index in [1.165, 1.54) is 0 Å². The van der Waals surface area contributed by atoms with Crippen LogP contribution in [0.5, 0.6) is 0 Å². The Kier molecular flexibility index (Phi) is 4.85. The van der Waals surface area contributed by atoms with Crippen LogP contribution in [0.4, 0.5) is 5.69 Å². The molecule has 128 valence electrons. The van der Waals surface area contributed by atoms with E-state index in [1.54, 1.807) is 22.5 Å². The fourth-order valence-corrected chi connectivity index (χ4v) is 4.59. The van der Waals surface area contributed by atoms with E-state index in [4.69, 9.17) is 11.6 Å². The second-order valence-electron chi connectivity index (χ2n) is 6.14. The molecule has 2 aromatic rings. The topological polar surface area (TPSA) is 40.6 Å². The van der Waals surface area contributed by atoms with Gasteiger partial charge in [-0.05, 0) is 49.2 Å². The Balaban J connectivity index is 1.73. The molecule has 1 fully saturated rings. The van der Waals surface area contributed by atoms with Crippen molar-refractivity contribution in [2.24, 2.45) is 0 Å². The number of anilines is 1. The molecule has 0 saturated carbocycles. The zero-order valence-corrected chi connectivity index (χ0v) is 15.4. The molecule has 3 rings (SSSR count). The molecule has 0 radical (unpaired) electrons. The summed E-state index contributed by atoms with van der Waals surface area (Å²) in [6.45, 7) is 6.13. The Morgan fingerprint density at radius 1 is 0.958 bits per heavy atom. The van der Waals surface area contributed by atoms with Crippen molar-refractivity contribution < 1.29 is 8.42 Å². The third-order valence-electron chi connectivity index (χ3n) is 4.39. The molecular weight excluding hydrogens is 344 g/mol. The van der Waals surface area contributed by atoms with Crippen molar-refractivity contribution in [3.63, 3.8) is 0 Å². The van der Waals surface area contributed by atoms with Crippen molar-refractivity contribution >= 4 is 27.3 Å². The van der Waals surface area contributed by atoms with E-state index in [-0.39, 0.29) is 0 Å². The molecule has 0 atom stereocenters. The lowest BCUT2D eigenvalue weighted by molar-refractivity contribution is 0.385. The van der Waals surface area contributed by atoms with Crippen molar-refractivity contribution in [1.82, 2.24) is 4.31 Å². The first-order chi connectivity index (χ1) is 11.4. The molecule has 1 heterocycles. The van der Waals surface area contributed by atoms with E-state index >= 15 is 0 Å². The monoisotopic (exact) mass is 364 g/mol. The minimum Gasteiger partial charge on any atom is -0.369 e. The maximum absolute atomic E-state index is 12.8. The summed E-state index contributed by atoms with van der Waals surface area (Å²) in [5.41, 5.74) is 3.03. The Morgan fingerprint density at radius 2 is 1.67 bits per heavy atom. The lowest BCUT2D eigenvalue weighted by atomic mass is 10.2. The zero-order valence-electron chi connectivity index (χ0n) is 13.9. The maximum atomic E-state index is 12.8. The summed E-state index contributed by atoms with van der Waals surface area (Å²) in [5.74, 6) is 0. The number of rotatable bonds is 3. The maximum Gasteiger partial charge on any atom is 0.243 e. The highest BCUT2D eigenvalue weighted by atomic mass is 35.5. The summed E-state index contributed by atoms with van der Waals surface area (Å²) < 4.78 is 27.1. The minimum absolute atomic E-state index is 0.370. The van der Waals surface area contributed by atoms with Gasteiger partial charge in [0.1, 0.15) is 0 Å². The number of piperazine rings is 1. The first-order valence-corrected chi connectivity index (χ1v) is 9.77. The summed E-state index contributed by atoms with van der Waals surface area (Å²) in [7, 11) is -3.42. The van der Waals surface area contributed by atoms with Gasteiger partial charge in [-0.25, -0.2) is 8.42 Å². The summed E-state index contributed by atoms with van der Waals surface area (Å²) in [6, 6.07) is 13.0. The van der Waals surface area contributed by atoms with E-state index in [2.05, 4.69) is 4.90 Å². The molecule has 1 aliphatic rings. The van der Waals surface area contributed by atoms with E-state index in [0.717, 1.165) is 21.8 Å². The molecule has 1 aliphatic heterocycles. The molecule has 4 nitrogen and oxygen atoms in total. The van der Waals surface area contributed by atoms with Gasteiger partial charge in [0.2, 0.25) is 10.0 Å². The highest BCUT2D eigenvalue weighted by molar-refractivity contribution is 7.89. The van der Waals surface area contributed by atoms with Crippen LogP contribution in [0.1, 0.15) is 11.1 Å². The van der Waals surface area contributed by atoms with Crippen LogP contribution in [0.2, 0.25) is 5.02 Å². The summed E-state index contributed by atoms with van der Waals surface area (Å²) in [5, 5.41) is 0.738. The van der Waals surface area contributed by atoms with Crippen LogP contribution in [0, 0.1) is 13.8 Å². The highest BCUT2D eigenvalue weighted by Gasteiger charge is 2.28. The van der Waals surface area contributed by atoms with Gasteiger partial charge >= 0.3 is 0 Å². The van der Waals surface area contributed by atoms with Crippen molar-refractivity contribution in [1.29, 1.82) is 0 Å². The van der Waals surface area contributed by atoms with E-state index in [1.807, 2.05) is 38.1 Å². The Hall–Kier alpha value is -1.56. The third kappa shape index (κ3) is 3.43. The molecule has 0 bridgehead atoms. The quantitative estimate of drug-likeness (QED) is 0.837. The van der Waals surface area contributed by atoms with Crippen molar-refractivity contribution in [2.75, 3.05) is 31.1 Å². The molecule has 24 heavy (non-hydrogen) atoms. The van der Waals surface area contributed by atoms with Crippen LogP contribution in [0.15, 0.2) is 47.4 Å². The fourth-order valence-electron chi connectivity index (χ4n) is 2.89. The average Bonchev–Trinajstić information content (AvgIpc) is 2.57. The van der Waals surface area contributed by atoms with E-state index in [9.17, 15) is 8.42 Å². The molecule has 0 N–H and O–H groups in total. The largest absolute Gasteiger partial charge is 0.369 e. The molecule has 0 aliphatic carbocycles. The molecule has 0 amide bonds. The van der Waals surface area contributed by atoms with Crippen molar-refractivity contribution in [3.8, 4) is 0 Å². The van der Waals surface area contributed by atoms with Gasteiger partial charge in [0, 0.05) is 36.9 Å². The van der Waals surface area contributed by atoms with Gasteiger partial charge in [-0.3, -0.25) is 0 Å². The first-order valence-electron chi connectivity index (χ1n) is 7.96. The Morgan fingerprint density at radius 3 is 2.29 bits per heavy atom. The molecule has 0 aromatic heterocycles. The molecule has 0 unspecified atom stereocenters. The number of aryl methyl sites for hydroxylation is 2. The fraction of sp³-hybridized carbons (Fsp3) is 0.333. The predicted octanol–water partition coefficient (Wildman–Crippen LogP) is 3.47. The normalized spacial score (nSPS) is 16.4. The number of hydrogen-bond donors (Lipinski definition) is 0. The SMILES string of the molecule is Cc1cccc(S(=O)(=O)N2CCN(c3ccc(C)c(Cl)c3)CC2)c1. The Labute approximate surface area is 148 Å². The Bertz CT molecular complexity index is 844. The van der Waals surface area contributed by atoms with Crippen LogP contribution in [0.25, 0.3) is 0 Å². The van der Waals surface area contributed by atoms with E-state index < -0.39 is 10.0 Å². The molecule has 2 aromatic carbocycles.